The maximum absolute atomic E-state index is 13.9. The van der Waals surface area contributed by atoms with Gasteiger partial charge in [-0.25, -0.2) is 4.39 Å². The molecule has 1 aliphatic heterocycles. The highest BCUT2D eigenvalue weighted by atomic mass is 19.1. The van der Waals surface area contributed by atoms with Crippen molar-refractivity contribution in [1.29, 1.82) is 0 Å². The Kier molecular flexibility index (Phi) is 4.49. The summed E-state index contributed by atoms with van der Waals surface area (Å²) in [7, 11) is 0. The van der Waals surface area contributed by atoms with Gasteiger partial charge in [-0.1, -0.05) is 48.5 Å². The zero-order chi connectivity index (χ0) is 15.4. The molecule has 1 amide bonds. The molecule has 0 radical (unpaired) electrons. The van der Waals surface area contributed by atoms with Gasteiger partial charge in [-0.2, -0.15) is 0 Å². The quantitative estimate of drug-likeness (QED) is 0.872. The predicted octanol–water partition coefficient (Wildman–Crippen LogP) is 2.97. The van der Waals surface area contributed by atoms with Gasteiger partial charge < -0.3 is 9.64 Å². The Balaban J connectivity index is 1.68. The number of carbonyl (C=O) groups excluding carboxylic acids is 1. The summed E-state index contributed by atoms with van der Waals surface area (Å²) in [5, 5.41) is 0. The minimum atomic E-state index is -0.394. The van der Waals surface area contributed by atoms with Crippen molar-refractivity contribution in [3.05, 3.63) is 71.5 Å². The van der Waals surface area contributed by atoms with E-state index in [-0.39, 0.29) is 11.7 Å². The highest BCUT2D eigenvalue weighted by Gasteiger charge is 2.26. The van der Waals surface area contributed by atoms with E-state index in [1.54, 1.807) is 23.1 Å². The Bertz CT molecular complexity index is 645. The van der Waals surface area contributed by atoms with Crippen LogP contribution in [0.2, 0.25) is 0 Å². The minimum Gasteiger partial charge on any atom is -0.370 e. The van der Waals surface area contributed by atoms with E-state index in [0.717, 1.165) is 5.56 Å². The number of hydrogen-bond donors (Lipinski definition) is 0. The van der Waals surface area contributed by atoms with Gasteiger partial charge in [0.25, 0.3) is 0 Å². The van der Waals surface area contributed by atoms with Crippen LogP contribution >= 0.6 is 0 Å². The lowest BCUT2D eigenvalue weighted by Gasteiger charge is -2.33. The number of halogens is 1. The van der Waals surface area contributed by atoms with Gasteiger partial charge in [0.1, 0.15) is 11.9 Å². The van der Waals surface area contributed by atoms with Crippen LogP contribution < -0.4 is 0 Å². The molecule has 0 saturated carbocycles. The van der Waals surface area contributed by atoms with E-state index in [0.29, 0.717) is 31.7 Å². The van der Waals surface area contributed by atoms with Crippen molar-refractivity contribution >= 4 is 5.91 Å². The molecule has 0 spiro atoms. The molecule has 0 N–H and O–H groups in total. The van der Waals surface area contributed by atoms with E-state index in [2.05, 4.69) is 0 Å². The molecule has 4 heteroatoms. The maximum atomic E-state index is 13.9. The maximum Gasteiger partial charge on any atom is 0.227 e. The summed E-state index contributed by atoms with van der Waals surface area (Å²) in [6.45, 7) is 1.38. The molecule has 0 bridgehead atoms. The molecule has 22 heavy (non-hydrogen) atoms. The van der Waals surface area contributed by atoms with Crippen LogP contribution in [-0.2, 0) is 16.0 Å². The summed E-state index contributed by atoms with van der Waals surface area (Å²) in [5.74, 6) is -0.235. The molecular weight excluding hydrogens is 281 g/mol. The molecule has 2 aromatic carbocycles. The fourth-order valence-corrected chi connectivity index (χ4v) is 2.68. The molecule has 0 aromatic heterocycles. The highest BCUT2D eigenvalue weighted by molar-refractivity contribution is 5.78. The Morgan fingerprint density at radius 2 is 1.86 bits per heavy atom. The third kappa shape index (κ3) is 3.34. The van der Waals surface area contributed by atoms with E-state index in [1.165, 1.54) is 6.07 Å². The van der Waals surface area contributed by atoms with E-state index >= 15 is 0 Å². The van der Waals surface area contributed by atoms with Crippen LogP contribution in [0.15, 0.2) is 54.6 Å². The topological polar surface area (TPSA) is 29.5 Å². The number of benzene rings is 2. The number of amides is 1. The van der Waals surface area contributed by atoms with Gasteiger partial charge in [-0.15, -0.1) is 0 Å². The summed E-state index contributed by atoms with van der Waals surface area (Å²) in [6.07, 6.45) is -0.0279. The van der Waals surface area contributed by atoms with Gasteiger partial charge in [-0.05, 0) is 11.6 Å². The predicted molar refractivity (Wildman–Crippen MR) is 81.8 cm³/mol. The van der Waals surface area contributed by atoms with Crippen molar-refractivity contribution in [2.45, 2.75) is 12.5 Å². The van der Waals surface area contributed by atoms with Crippen LogP contribution in [0.5, 0.6) is 0 Å². The molecule has 3 nitrogen and oxygen atoms in total. The number of rotatable bonds is 3. The molecule has 0 unspecified atom stereocenters. The van der Waals surface area contributed by atoms with Crippen molar-refractivity contribution in [1.82, 2.24) is 4.90 Å². The minimum absolute atomic E-state index is 0.0517. The fourth-order valence-electron chi connectivity index (χ4n) is 2.68. The summed E-state index contributed by atoms with van der Waals surface area (Å²) in [6, 6.07) is 16.2. The van der Waals surface area contributed by atoms with Crippen LogP contribution in [0.3, 0.4) is 0 Å². The van der Waals surface area contributed by atoms with Crippen molar-refractivity contribution in [3.63, 3.8) is 0 Å². The monoisotopic (exact) mass is 299 g/mol. The molecule has 1 saturated heterocycles. The second-order valence-electron chi connectivity index (χ2n) is 5.38. The first kappa shape index (κ1) is 14.7. The molecule has 1 heterocycles. The Hall–Kier alpha value is -2.20. The molecule has 2 aromatic rings. The number of morpholine rings is 1. The second kappa shape index (κ2) is 6.71. The SMILES string of the molecule is O=C(Cc1ccccc1)N1CCO[C@H](c2ccccc2F)C1. The average molecular weight is 299 g/mol. The summed E-state index contributed by atoms with van der Waals surface area (Å²) < 4.78 is 19.5. The third-order valence-electron chi connectivity index (χ3n) is 3.87. The van der Waals surface area contributed by atoms with Crippen molar-refractivity contribution < 1.29 is 13.9 Å². The summed E-state index contributed by atoms with van der Waals surface area (Å²) in [5.41, 5.74) is 1.50. The van der Waals surface area contributed by atoms with Gasteiger partial charge >= 0.3 is 0 Å². The van der Waals surface area contributed by atoms with Crippen LogP contribution in [0.1, 0.15) is 17.2 Å². The van der Waals surface area contributed by atoms with Gasteiger partial charge in [0, 0.05) is 12.1 Å². The number of nitrogens with zero attached hydrogens (tertiary/aromatic N) is 1. The van der Waals surface area contributed by atoms with Crippen LogP contribution in [0.25, 0.3) is 0 Å². The van der Waals surface area contributed by atoms with Crippen LogP contribution in [0, 0.1) is 5.82 Å². The number of ether oxygens (including phenoxy) is 1. The lowest BCUT2D eigenvalue weighted by Crippen LogP contribution is -2.43. The van der Waals surface area contributed by atoms with Gasteiger partial charge in [-0.3, -0.25) is 4.79 Å². The first-order chi connectivity index (χ1) is 10.7. The van der Waals surface area contributed by atoms with Crippen molar-refractivity contribution in [3.8, 4) is 0 Å². The molecule has 114 valence electrons. The molecule has 0 aliphatic carbocycles. The first-order valence-electron chi connectivity index (χ1n) is 7.42. The van der Waals surface area contributed by atoms with Crippen LogP contribution in [0.4, 0.5) is 4.39 Å². The van der Waals surface area contributed by atoms with E-state index in [9.17, 15) is 9.18 Å². The van der Waals surface area contributed by atoms with Crippen molar-refractivity contribution in [2.24, 2.45) is 0 Å². The van der Waals surface area contributed by atoms with E-state index in [4.69, 9.17) is 4.74 Å². The average Bonchev–Trinajstić information content (AvgIpc) is 2.56. The molecule has 3 rings (SSSR count). The lowest BCUT2D eigenvalue weighted by atomic mass is 10.1. The Morgan fingerprint density at radius 3 is 2.64 bits per heavy atom. The zero-order valence-corrected chi connectivity index (χ0v) is 12.2. The van der Waals surface area contributed by atoms with Crippen molar-refractivity contribution in [2.75, 3.05) is 19.7 Å². The van der Waals surface area contributed by atoms with E-state index < -0.39 is 6.10 Å². The summed E-state index contributed by atoms with van der Waals surface area (Å²) in [4.78, 5) is 14.2. The first-order valence-corrected chi connectivity index (χ1v) is 7.42. The largest absolute Gasteiger partial charge is 0.370 e. The second-order valence-corrected chi connectivity index (χ2v) is 5.38. The Morgan fingerprint density at radius 1 is 1.14 bits per heavy atom. The highest BCUT2D eigenvalue weighted by Crippen LogP contribution is 2.24. The molecule has 1 atom stereocenters. The standard InChI is InChI=1S/C18H18FNO2/c19-16-9-5-4-8-15(16)17-13-20(10-11-22-17)18(21)12-14-6-2-1-3-7-14/h1-9,17H,10-13H2/t17-/m0/s1. The van der Waals surface area contributed by atoms with E-state index in [1.807, 2.05) is 30.3 Å². The van der Waals surface area contributed by atoms with Crippen LogP contribution in [-0.4, -0.2) is 30.5 Å². The third-order valence-corrected chi connectivity index (χ3v) is 3.87. The lowest BCUT2D eigenvalue weighted by molar-refractivity contribution is -0.138. The Labute approximate surface area is 129 Å². The smallest absolute Gasteiger partial charge is 0.227 e. The van der Waals surface area contributed by atoms with Gasteiger partial charge in [0.15, 0.2) is 0 Å². The van der Waals surface area contributed by atoms with Gasteiger partial charge in [0.05, 0.1) is 19.6 Å². The van der Waals surface area contributed by atoms with Gasteiger partial charge in [0.2, 0.25) is 5.91 Å². The molecular formula is C18H18FNO2. The molecule has 1 fully saturated rings. The molecule has 1 aliphatic rings. The number of hydrogen-bond acceptors (Lipinski definition) is 2. The normalized spacial score (nSPS) is 18.2. The zero-order valence-electron chi connectivity index (χ0n) is 12.2. The summed E-state index contributed by atoms with van der Waals surface area (Å²) >= 11 is 0. The number of carbonyl (C=O) groups is 1. The fraction of sp³-hybridized carbons (Fsp3) is 0.278.